The number of rotatable bonds is 10. The Bertz CT molecular complexity index is 953. The highest BCUT2D eigenvalue weighted by Crippen LogP contribution is 2.64. The van der Waals surface area contributed by atoms with Gasteiger partial charge in [0.2, 0.25) is 17.7 Å². The van der Waals surface area contributed by atoms with E-state index in [0.717, 1.165) is 12.0 Å². The van der Waals surface area contributed by atoms with E-state index in [0.29, 0.717) is 32.4 Å². The van der Waals surface area contributed by atoms with E-state index < -0.39 is 35.1 Å². The monoisotopic (exact) mass is 485 g/mol. The molecular formula is C27H39N3O5. The van der Waals surface area contributed by atoms with Gasteiger partial charge in [-0.2, -0.15) is 0 Å². The molecule has 8 heteroatoms. The summed E-state index contributed by atoms with van der Waals surface area (Å²) in [6.45, 7) is 8.41. The van der Waals surface area contributed by atoms with E-state index in [9.17, 15) is 19.5 Å². The Labute approximate surface area is 207 Å². The fourth-order valence-corrected chi connectivity index (χ4v) is 6.57. The quantitative estimate of drug-likeness (QED) is 0.470. The second-order valence-corrected chi connectivity index (χ2v) is 10.6. The summed E-state index contributed by atoms with van der Waals surface area (Å²) in [5, 5.41) is 16.2. The fourth-order valence-electron chi connectivity index (χ4n) is 6.57. The summed E-state index contributed by atoms with van der Waals surface area (Å²) in [7, 11) is 0. The highest BCUT2D eigenvalue weighted by Gasteiger charge is 2.79. The number of amides is 3. The summed E-state index contributed by atoms with van der Waals surface area (Å²) in [4.78, 5) is 42.8. The number of carbonyl (C=O) groups is 3. The van der Waals surface area contributed by atoms with Gasteiger partial charge in [-0.15, -0.1) is 0 Å². The van der Waals surface area contributed by atoms with E-state index in [1.165, 1.54) is 0 Å². The molecule has 1 spiro atoms. The predicted octanol–water partition coefficient (Wildman–Crippen LogP) is 2.00. The second-order valence-electron chi connectivity index (χ2n) is 10.6. The first-order valence-electron chi connectivity index (χ1n) is 13.0. The van der Waals surface area contributed by atoms with Crippen molar-refractivity contribution in [2.45, 2.75) is 83.2 Å². The Morgan fingerprint density at radius 1 is 1.14 bits per heavy atom. The molecule has 3 saturated heterocycles. The van der Waals surface area contributed by atoms with Crippen LogP contribution >= 0.6 is 0 Å². The minimum Gasteiger partial charge on any atom is -0.394 e. The van der Waals surface area contributed by atoms with Crippen molar-refractivity contribution < 1.29 is 24.2 Å². The molecule has 0 aliphatic carbocycles. The van der Waals surface area contributed by atoms with E-state index in [-0.39, 0.29) is 30.2 Å². The van der Waals surface area contributed by atoms with Crippen LogP contribution in [-0.2, 0) is 25.7 Å². The zero-order valence-electron chi connectivity index (χ0n) is 21.3. The van der Waals surface area contributed by atoms with Crippen molar-refractivity contribution >= 4 is 17.7 Å². The first-order chi connectivity index (χ1) is 16.8. The summed E-state index contributed by atoms with van der Waals surface area (Å²) in [6, 6.07) is 8.15. The normalized spacial score (nSPS) is 32.1. The molecule has 0 aromatic heterocycles. The molecule has 3 N–H and O–H groups in total. The topological polar surface area (TPSA) is 108 Å². The SMILES string of the molecule is CCCNC(=O)[C@H]1[C@H]2C(=O)N([C@@H](CO)C(C)C)C(C(=O)NCc3ccccc3)C23CC[C@]1(CC)O3. The molecule has 35 heavy (non-hydrogen) atoms. The van der Waals surface area contributed by atoms with Crippen LogP contribution in [0.25, 0.3) is 0 Å². The zero-order valence-corrected chi connectivity index (χ0v) is 21.3. The van der Waals surface area contributed by atoms with Gasteiger partial charge in [0.05, 0.1) is 30.1 Å². The Morgan fingerprint density at radius 3 is 2.46 bits per heavy atom. The van der Waals surface area contributed by atoms with Gasteiger partial charge in [-0.05, 0) is 37.2 Å². The number of ether oxygens (including phenoxy) is 1. The van der Waals surface area contributed by atoms with Gasteiger partial charge in [-0.25, -0.2) is 0 Å². The van der Waals surface area contributed by atoms with E-state index >= 15 is 0 Å². The van der Waals surface area contributed by atoms with Gasteiger partial charge in [0.25, 0.3) is 0 Å². The molecular weight excluding hydrogens is 446 g/mol. The van der Waals surface area contributed by atoms with Gasteiger partial charge >= 0.3 is 0 Å². The highest BCUT2D eigenvalue weighted by atomic mass is 16.5. The average molecular weight is 486 g/mol. The number of nitrogens with one attached hydrogen (secondary N) is 2. The number of hydrogen-bond donors (Lipinski definition) is 3. The molecule has 8 nitrogen and oxygen atoms in total. The number of aliphatic hydroxyl groups excluding tert-OH is 1. The Morgan fingerprint density at radius 2 is 1.86 bits per heavy atom. The van der Waals surface area contributed by atoms with Crippen molar-refractivity contribution in [1.29, 1.82) is 0 Å². The predicted molar refractivity (Wildman–Crippen MR) is 131 cm³/mol. The third kappa shape index (κ3) is 4.04. The summed E-state index contributed by atoms with van der Waals surface area (Å²) in [6.07, 6.45) is 2.54. The number of carbonyl (C=O) groups excluding carboxylic acids is 3. The Kier molecular flexibility index (Phi) is 7.25. The molecule has 3 heterocycles. The van der Waals surface area contributed by atoms with E-state index in [2.05, 4.69) is 10.6 Å². The Hall–Kier alpha value is -2.45. The minimum absolute atomic E-state index is 0.0756. The molecule has 3 aliphatic heterocycles. The summed E-state index contributed by atoms with van der Waals surface area (Å²) < 4.78 is 6.73. The molecule has 4 rings (SSSR count). The molecule has 0 radical (unpaired) electrons. The zero-order chi connectivity index (χ0) is 25.4. The van der Waals surface area contributed by atoms with Gasteiger partial charge in [0.1, 0.15) is 11.6 Å². The van der Waals surface area contributed by atoms with Gasteiger partial charge in [-0.3, -0.25) is 14.4 Å². The summed E-state index contributed by atoms with van der Waals surface area (Å²) in [5.74, 6) is -2.21. The highest BCUT2D eigenvalue weighted by molar-refractivity contribution is 5.99. The van der Waals surface area contributed by atoms with Crippen molar-refractivity contribution in [2.24, 2.45) is 17.8 Å². The number of aliphatic hydroxyl groups is 1. The first-order valence-corrected chi connectivity index (χ1v) is 13.0. The lowest BCUT2D eigenvalue weighted by Crippen LogP contribution is -2.58. The lowest BCUT2D eigenvalue weighted by atomic mass is 9.65. The lowest BCUT2D eigenvalue weighted by molar-refractivity contribution is -0.152. The van der Waals surface area contributed by atoms with Crippen LogP contribution in [-0.4, -0.2) is 64.2 Å². The molecule has 3 aliphatic rings. The number of benzene rings is 1. The number of likely N-dealkylation sites (tertiary alicyclic amines) is 1. The number of nitrogens with zero attached hydrogens (tertiary/aromatic N) is 1. The molecule has 0 saturated carbocycles. The molecule has 192 valence electrons. The second kappa shape index (κ2) is 9.90. The molecule has 2 unspecified atom stereocenters. The van der Waals surface area contributed by atoms with Crippen LogP contribution in [0.3, 0.4) is 0 Å². The van der Waals surface area contributed by atoms with Crippen molar-refractivity contribution in [3.05, 3.63) is 35.9 Å². The molecule has 6 atom stereocenters. The van der Waals surface area contributed by atoms with Crippen molar-refractivity contribution in [3.8, 4) is 0 Å². The van der Waals surface area contributed by atoms with Gasteiger partial charge in [0.15, 0.2) is 0 Å². The molecule has 3 amide bonds. The molecule has 1 aromatic carbocycles. The van der Waals surface area contributed by atoms with Gasteiger partial charge in [0, 0.05) is 13.1 Å². The first kappa shape index (κ1) is 25.6. The maximum absolute atomic E-state index is 14.1. The maximum atomic E-state index is 14.1. The van der Waals surface area contributed by atoms with Crippen LogP contribution in [0.15, 0.2) is 30.3 Å². The van der Waals surface area contributed by atoms with E-state index in [1.54, 1.807) is 4.90 Å². The third-order valence-electron chi connectivity index (χ3n) is 8.32. The maximum Gasteiger partial charge on any atom is 0.246 e. The van der Waals surface area contributed by atoms with E-state index in [1.807, 2.05) is 58.0 Å². The smallest absolute Gasteiger partial charge is 0.246 e. The van der Waals surface area contributed by atoms with Crippen LogP contribution in [0.5, 0.6) is 0 Å². The van der Waals surface area contributed by atoms with Crippen LogP contribution < -0.4 is 10.6 Å². The van der Waals surface area contributed by atoms with Crippen molar-refractivity contribution in [1.82, 2.24) is 15.5 Å². The van der Waals surface area contributed by atoms with Crippen LogP contribution in [0.1, 0.15) is 58.9 Å². The van der Waals surface area contributed by atoms with Crippen molar-refractivity contribution in [3.63, 3.8) is 0 Å². The molecule has 3 fully saturated rings. The lowest BCUT2D eigenvalue weighted by Gasteiger charge is -2.38. The van der Waals surface area contributed by atoms with Gasteiger partial charge in [-0.1, -0.05) is 58.0 Å². The van der Waals surface area contributed by atoms with Crippen LogP contribution in [0, 0.1) is 17.8 Å². The third-order valence-corrected chi connectivity index (χ3v) is 8.32. The largest absolute Gasteiger partial charge is 0.394 e. The van der Waals surface area contributed by atoms with Crippen LogP contribution in [0.2, 0.25) is 0 Å². The van der Waals surface area contributed by atoms with E-state index in [4.69, 9.17) is 4.74 Å². The van der Waals surface area contributed by atoms with Crippen molar-refractivity contribution in [2.75, 3.05) is 13.2 Å². The fraction of sp³-hybridized carbons (Fsp3) is 0.667. The average Bonchev–Trinajstić information content (AvgIpc) is 3.46. The summed E-state index contributed by atoms with van der Waals surface area (Å²) in [5.41, 5.74) is -0.883. The minimum atomic E-state index is -1.08. The Balaban J connectivity index is 1.73. The standard InChI is InChI=1S/C27H39N3O5/c1-5-14-28-23(32)20-21-25(34)30(19(16-31)17(3)4)22(27(21)13-12-26(20,6-2)35-27)24(33)29-15-18-10-8-7-9-11-18/h7-11,17,19-22,31H,5-6,12-16H2,1-4H3,(H,28,32)(H,29,33)/t19-,20+,21-,22?,26-,27?/m0/s1. The molecule has 1 aromatic rings. The number of fused-ring (bicyclic) bond motifs is 1. The van der Waals surface area contributed by atoms with Gasteiger partial charge < -0.3 is 25.4 Å². The number of hydrogen-bond acceptors (Lipinski definition) is 5. The summed E-state index contributed by atoms with van der Waals surface area (Å²) >= 11 is 0. The molecule has 2 bridgehead atoms. The van der Waals surface area contributed by atoms with Crippen LogP contribution in [0.4, 0.5) is 0 Å².